The molecule has 0 atom stereocenters. The SMILES string of the molecule is COCCCOc1cc(CC(C)=C(C)C)ccc1OC. The molecule has 0 aliphatic rings. The molecule has 3 nitrogen and oxygen atoms in total. The van der Waals surface area contributed by atoms with Crippen LogP contribution in [0.15, 0.2) is 29.3 Å². The Labute approximate surface area is 122 Å². The van der Waals surface area contributed by atoms with Crippen molar-refractivity contribution in [2.24, 2.45) is 0 Å². The average molecular weight is 278 g/mol. The normalized spacial score (nSPS) is 10.2. The topological polar surface area (TPSA) is 27.7 Å². The van der Waals surface area contributed by atoms with E-state index in [9.17, 15) is 0 Å². The first-order chi connectivity index (χ1) is 9.58. The summed E-state index contributed by atoms with van der Waals surface area (Å²) in [5.74, 6) is 1.59. The van der Waals surface area contributed by atoms with Gasteiger partial charge in [0, 0.05) is 20.1 Å². The Balaban J connectivity index is 2.77. The predicted octanol–water partition coefficient (Wildman–Crippen LogP) is 4.01. The summed E-state index contributed by atoms with van der Waals surface area (Å²) in [5, 5.41) is 0. The van der Waals surface area contributed by atoms with Crippen LogP contribution in [-0.2, 0) is 11.2 Å². The van der Waals surface area contributed by atoms with Crippen molar-refractivity contribution in [1.82, 2.24) is 0 Å². The summed E-state index contributed by atoms with van der Waals surface area (Å²) in [6.07, 6.45) is 1.82. The Kier molecular flexibility index (Phi) is 7.16. The standard InChI is InChI=1S/C17H26O3/c1-13(2)14(3)11-15-7-8-16(19-5)17(12-15)20-10-6-9-18-4/h7-8,12H,6,9-11H2,1-5H3. The van der Waals surface area contributed by atoms with Crippen LogP contribution in [0.2, 0.25) is 0 Å². The highest BCUT2D eigenvalue weighted by Crippen LogP contribution is 2.29. The van der Waals surface area contributed by atoms with Gasteiger partial charge in [0.15, 0.2) is 11.5 Å². The number of benzene rings is 1. The molecule has 0 amide bonds. The van der Waals surface area contributed by atoms with Crippen molar-refractivity contribution in [3.05, 3.63) is 34.9 Å². The van der Waals surface area contributed by atoms with Crippen molar-refractivity contribution >= 4 is 0 Å². The summed E-state index contributed by atoms with van der Waals surface area (Å²) < 4.78 is 16.2. The van der Waals surface area contributed by atoms with Gasteiger partial charge < -0.3 is 14.2 Å². The third-order valence-electron chi connectivity index (χ3n) is 3.30. The highest BCUT2D eigenvalue weighted by molar-refractivity contribution is 5.44. The first-order valence-corrected chi connectivity index (χ1v) is 7.00. The summed E-state index contributed by atoms with van der Waals surface area (Å²) in [6, 6.07) is 6.13. The molecular formula is C17H26O3. The average Bonchev–Trinajstić information content (AvgIpc) is 2.43. The van der Waals surface area contributed by atoms with Crippen molar-refractivity contribution in [1.29, 1.82) is 0 Å². The summed E-state index contributed by atoms with van der Waals surface area (Å²) >= 11 is 0. The van der Waals surface area contributed by atoms with Gasteiger partial charge in [-0.15, -0.1) is 0 Å². The van der Waals surface area contributed by atoms with Gasteiger partial charge in [0.05, 0.1) is 13.7 Å². The lowest BCUT2D eigenvalue weighted by Crippen LogP contribution is -2.03. The highest BCUT2D eigenvalue weighted by Gasteiger charge is 2.06. The molecular weight excluding hydrogens is 252 g/mol. The smallest absolute Gasteiger partial charge is 0.161 e. The lowest BCUT2D eigenvalue weighted by atomic mass is 10.0. The fourth-order valence-electron chi connectivity index (χ4n) is 1.81. The third-order valence-corrected chi connectivity index (χ3v) is 3.30. The molecule has 1 rings (SSSR count). The summed E-state index contributed by atoms with van der Waals surface area (Å²) in [4.78, 5) is 0. The van der Waals surface area contributed by atoms with E-state index in [1.54, 1.807) is 14.2 Å². The van der Waals surface area contributed by atoms with E-state index >= 15 is 0 Å². The van der Waals surface area contributed by atoms with Crippen LogP contribution in [0, 0.1) is 0 Å². The van der Waals surface area contributed by atoms with E-state index < -0.39 is 0 Å². The maximum absolute atomic E-state index is 5.79. The molecule has 0 aromatic heterocycles. The van der Waals surface area contributed by atoms with Gasteiger partial charge >= 0.3 is 0 Å². The third kappa shape index (κ3) is 5.25. The molecule has 0 saturated carbocycles. The first kappa shape index (κ1) is 16.6. The van der Waals surface area contributed by atoms with Crippen LogP contribution in [0.5, 0.6) is 11.5 Å². The van der Waals surface area contributed by atoms with Crippen molar-refractivity contribution in [3.63, 3.8) is 0 Å². The van der Waals surface area contributed by atoms with E-state index in [1.165, 1.54) is 16.7 Å². The number of allylic oxidation sites excluding steroid dienone is 2. The second kappa shape index (κ2) is 8.64. The molecule has 0 aliphatic carbocycles. The molecule has 0 saturated heterocycles. The van der Waals surface area contributed by atoms with Gasteiger partial charge in [-0.3, -0.25) is 0 Å². The van der Waals surface area contributed by atoms with E-state index in [-0.39, 0.29) is 0 Å². The summed E-state index contributed by atoms with van der Waals surface area (Å²) in [7, 11) is 3.36. The molecule has 0 bridgehead atoms. The fourth-order valence-corrected chi connectivity index (χ4v) is 1.81. The molecule has 0 heterocycles. The molecule has 1 aromatic carbocycles. The zero-order valence-electron chi connectivity index (χ0n) is 13.3. The van der Waals surface area contributed by atoms with E-state index in [4.69, 9.17) is 14.2 Å². The predicted molar refractivity (Wildman–Crippen MR) is 82.7 cm³/mol. The van der Waals surface area contributed by atoms with Crippen molar-refractivity contribution in [3.8, 4) is 11.5 Å². The largest absolute Gasteiger partial charge is 0.493 e. The Morgan fingerprint density at radius 1 is 1.00 bits per heavy atom. The van der Waals surface area contributed by atoms with E-state index in [0.29, 0.717) is 13.2 Å². The van der Waals surface area contributed by atoms with Gasteiger partial charge in [0.25, 0.3) is 0 Å². The second-order valence-corrected chi connectivity index (χ2v) is 5.14. The molecule has 0 unspecified atom stereocenters. The number of ether oxygens (including phenoxy) is 3. The van der Waals surface area contributed by atoms with Crippen LogP contribution in [0.25, 0.3) is 0 Å². The zero-order chi connectivity index (χ0) is 15.0. The molecule has 0 aliphatic heterocycles. The van der Waals surface area contributed by atoms with E-state index in [2.05, 4.69) is 32.9 Å². The summed E-state index contributed by atoms with van der Waals surface area (Å²) in [6.45, 7) is 7.79. The van der Waals surface area contributed by atoms with Crippen LogP contribution in [0.3, 0.4) is 0 Å². The minimum Gasteiger partial charge on any atom is -0.493 e. The molecule has 1 aromatic rings. The molecule has 0 fully saturated rings. The number of hydrogen-bond acceptors (Lipinski definition) is 3. The van der Waals surface area contributed by atoms with Gasteiger partial charge in [-0.25, -0.2) is 0 Å². The molecule has 0 spiro atoms. The molecule has 112 valence electrons. The maximum atomic E-state index is 5.79. The second-order valence-electron chi connectivity index (χ2n) is 5.14. The Hall–Kier alpha value is -1.48. The van der Waals surface area contributed by atoms with Crippen LogP contribution in [0.1, 0.15) is 32.8 Å². The minimum atomic E-state index is 0.634. The van der Waals surface area contributed by atoms with Gasteiger partial charge in [-0.2, -0.15) is 0 Å². The molecule has 0 radical (unpaired) electrons. The number of methoxy groups -OCH3 is 2. The highest BCUT2D eigenvalue weighted by atomic mass is 16.5. The van der Waals surface area contributed by atoms with Gasteiger partial charge in [0.1, 0.15) is 0 Å². The Bertz CT molecular complexity index is 446. The lowest BCUT2D eigenvalue weighted by Gasteiger charge is -2.13. The quantitative estimate of drug-likeness (QED) is 0.531. The number of rotatable bonds is 8. The van der Waals surface area contributed by atoms with Crippen molar-refractivity contribution < 1.29 is 14.2 Å². The van der Waals surface area contributed by atoms with Crippen LogP contribution in [0.4, 0.5) is 0 Å². The first-order valence-electron chi connectivity index (χ1n) is 7.00. The molecule has 0 N–H and O–H groups in total. The number of hydrogen-bond donors (Lipinski definition) is 0. The van der Waals surface area contributed by atoms with E-state index in [0.717, 1.165) is 24.3 Å². The van der Waals surface area contributed by atoms with Crippen LogP contribution >= 0.6 is 0 Å². The van der Waals surface area contributed by atoms with Crippen LogP contribution in [-0.4, -0.2) is 27.4 Å². The van der Waals surface area contributed by atoms with Gasteiger partial charge in [-0.1, -0.05) is 17.2 Å². The monoisotopic (exact) mass is 278 g/mol. The van der Waals surface area contributed by atoms with Gasteiger partial charge in [-0.05, 0) is 44.9 Å². The maximum Gasteiger partial charge on any atom is 0.161 e. The van der Waals surface area contributed by atoms with Crippen molar-refractivity contribution in [2.45, 2.75) is 33.6 Å². The Morgan fingerprint density at radius 3 is 2.35 bits per heavy atom. The Morgan fingerprint density at radius 2 is 1.75 bits per heavy atom. The van der Waals surface area contributed by atoms with Crippen molar-refractivity contribution in [2.75, 3.05) is 27.4 Å². The fraction of sp³-hybridized carbons (Fsp3) is 0.529. The van der Waals surface area contributed by atoms with Gasteiger partial charge in [0.2, 0.25) is 0 Å². The lowest BCUT2D eigenvalue weighted by molar-refractivity contribution is 0.170. The molecule has 3 heteroatoms. The molecule has 20 heavy (non-hydrogen) atoms. The minimum absolute atomic E-state index is 0.634. The van der Waals surface area contributed by atoms with Crippen LogP contribution < -0.4 is 9.47 Å². The zero-order valence-corrected chi connectivity index (χ0v) is 13.3. The summed E-state index contributed by atoms with van der Waals surface area (Å²) in [5.41, 5.74) is 4.00. The van der Waals surface area contributed by atoms with E-state index in [1.807, 2.05) is 6.07 Å².